The molecule has 0 spiro atoms. The Balaban J connectivity index is 2.39. The van der Waals surface area contributed by atoms with Crippen molar-refractivity contribution in [2.24, 2.45) is 13.5 Å². The van der Waals surface area contributed by atoms with Crippen molar-refractivity contribution in [2.75, 3.05) is 0 Å². The Kier molecular flexibility index (Phi) is 3.48. The minimum absolute atomic E-state index is 0.0208. The summed E-state index contributed by atoms with van der Waals surface area (Å²) in [5.41, 5.74) is 0. The van der Waals surface area contributed by atoms with Gasteiger partial charge in [0.05, 0.1) is 0 Å². The molecule has 0 bridgehead atoms. The van der Waals surface area contributed by atoms with Crippen LogP contribution in [0.2, 0.25) is 0 Å². The van der Waals surface area contributed by atoms with Crippen LogP contribution in [-0.4, -0.2) is 0 Å². The fourth-order valence-electron chi connectivity index (χ4n) is 1.05. The largest absolute Gasteiger partial charge is 0.439 e. The highest BCUT2D eigenvalue weighted by Gasteiger charge is 2.34. The molecule has 2 rings (SSSR count). The van der Waals surface area contributed by atoms with E-state index in [2.05, 4.69) is 18.1 Å². The lowest BCUT2D eigenvalue weighted by molar-refractivity contribution is 0.550. The summed E-state index contributed by atoms with van der Waals surface area (Å²) in [5, 5.41) is 0. The zero-order chi connectivity index (χ0) is 12.5. The van der Waals surface area contributed by atoms with Gasteiger partial charge in [-0.15, -0.1) is 21.6 Å². The van der Waals surface area contributed by atoms with Gasteiger partial charge in [-0.3, -0.25) is 0 Å². The van der Waals surface area contributed by atoms with Crippen LogP contribution in [0.1, 0.15) is 0 Å². The Morgan fingerprint density at radius 2 is 1.76 bits per heavy atom. The fraction of sp³-hybridized carbons (Fsp3) is 0. The molecular formula is C6H6F4N3OP3. The van der Waals surface area contributed by atoms with E-state index in [1.807, 2.05) is 0 Å². The molecule has 0 N–H and O–H groups in total. The first-order chi connectivity index (χ1) is 7.89. The molecule has 2 atom stereocenters. The smallest absolute Gasteiger partial charge is 0.419 e. The lowest BCUT2D eigenvalue weighted by Gasteiger charge is -2.15. The third kappa shape index (κ3) is 3.44. The van der Waals surface area contributed by atoms with Gasteiger partial charge in [-0.2, -0.15) is 8.71 Å². The van der Waals surface area contributed by atoms with Crippen LogP contribution in [-0.2, 0) is 0 Å². The van der Waals surface area contributed by atoms with E-state index in [1.165, 1.54) is 24.3 Å². The van der Waals surface area contributed by atoms with Gasteiger partial charge < -0.3 is 4.52 Å². The number of hydrogen-bond donors (Lipinski definition) is 0. The molecule has 0 radical (unpaired) electrons. The van der Waals surface area contributed by atoms with Crippen LogP contribution in [0, 0.1) is 0 Å². The van der Waals surface area contributed by atoms with Crippen molar-refractivity contribution in [2.45, 2.75) is 0 Å². The second-order valence-electron chi connectivity index (χ2n) is 2.89. The monoisotopic (exact) mass is 305 g/mol. The zero-order valence-corrected chi connectivity index (χ0v) is 10.8. The molecule has 1 unspecified atom stereocenters. The van der Waals surface area contributed by atoms with Crippen LogP contribution in [0.3, 0.4) is 0 Å². The molecule has 1 aliphatic rings. The molecule has 1 heterocycles. The number of rotatable bonds is 2. The van der Waals surface area contributed by atoms with E-state index in [1.54, 1.807) is 6.07 Å². The van der Waals surface area contributed by atoms with Gasteiger partial charge in [-0.1, -0.05) is 18.2 Å². The predicted octanol–water partition coefficient (Wildman–Crippen LogP) is 6.08. The average molecular weight is 305 g/mol. The van der Waals surface area contributed by atoms with Crippen molar-refractivity contribution in [3.8, 4) is 5.75 Å². The molecule has 0 fully saturated rings. The van der Waals surface area contributed by atoms with Crippen LogP contribution in [0.4, 0.5) is 16.8 Å². The van der Waals surface area contributed by atoms with Crippen LogP contribution in [0.5, 0.6) is 5.75 Å². The van der Waals surface area contributed by atoms with E-state index in [0.717, 1.165) is 0 Å². The summed E-state index contributed by atoms with van der Waals surface area (Å²) in [6, 6.07) is 7.36. The maximum atomic E-state index is 13.8. The van der Waals surface area contributed by atoms with E-state index < -0.39 is 23.7 Å². The predicted molar refractivity (Wildman–Crippen MR) is 60.9 cm³/mol. The number of benzene rings is 1. The van der Waals surface area contributed by atoms with Crippen molar-refractivity contribution in [1.29, 1.82) is 0 Å². The van der Waals surface area contributed by atoms with E-state index in [9.17, 15) is 16.8 Å². The average Bonchev–Trinajstić information content (AvgIpc) is 2.13. The highest BCUT2D eigenvalue weighted by Crippen LogP contribution is 2.75. The molecule has 0 amide bonds. The molecule has 0 aliphatic carbocycles. The fourth-order valence-corrected chi connectivity index (χ4v) is 5.98. The van der Waals surface area contributed by atoms with Crippen LogP contribution in [0.15, 0.2) is 43.9 Å². The molecule has 11 heteroatoms. The van der Waals surface area contributed by atoms with E-state index >= 15 is 0 Å². The van der Waals surface area contributed by atoms with Crippen molar-refractivity contribution in [1.82, 2.24) is 0 Å². The molecule has 94 valence electrons. The second kappa shape index (κ2) is 4.60. The summed E-state index contributed by atoms with van der Waals surface area (Å²) in [6.07, 6.45) is 0. The van der Waals surface area contributed by atoms with Crippen molar-refractivity contribution < 1.29 is 21.3 Å². The molecule has 17 heavy (non-hydrogen) atoms. The first kappa shape index (κ1) is 12.9. The normalized spacial score (nSPS) is 30.7. The van der Waals surface area contributed by atoms with Gasteiger partial charge in [-0.25, -0.2) is 0 Å². The number of halogens is 4. The Hall–Kier alpha value is -0.570. The third-order valence-electron chi connectivity index (χ3n) is 1.59. The van der Waals surface area contributed by atoms with Gasteiger partial charge in [0.15, 0.2) is 0 Å². The summed E-state index contributed by atoms with van der Waals surface area (Å²) in [4.78, 5) is 0. The molecule has 0 aromatic heterocycles. The lowest BCUT2D eigenvalue weighted by Crippen LogP contribution is -1.85. The maximum absolute atomic E-state index is 13.8. The summed E-state index contributed by atoms with van der Waals surface area (Å²) < 4.78 is 64.9. The second-order valence-corrected chi connectivity index (χ2v) is 7.78. The SMILES string of the molecule is F[PH]1=N[P@](F)(Oc2ccccc2)=NP(F)(F)=N1. The number of nitrogens with zero attached hydrogens (tertiary/aromatic N) is 3. The molecule has 0 saturated carbocycles. The summed E-state index contributed by atoms with van der Waals surface area (Å²) in [7, 11) is -13.5. The van der Waals surface area contributed by atoms with Crippen LogP contribution in [0.25, 0.3) is 0 Å². The minimum Gasteiger partial charge on any atom is -0.419 e. The van der Waals surface area contributed by atoms with Gasteiger partial charge in [0.2, 0.25) is 8.17 Å². The minimum atomic E-state index is -5.28. The Morgan fingerprint density at radius 1 is 1.12 bits per heavy atom. The van der Waals surface area contributed by atoms with Gasteiger partial charge in [-0.05, 0) is 12.1 Å². The van der Waals surface area contributed by atoms with E-state index in [-0.39, 0.29) is 5.75 Å². The number of para-hydroxylation sites is 1. The zero-order valence-electron chi connectivity index (χ0n) is 8.04. The van der Waals surface area contributed by atoms with Crippen molar-refractivity contribution >= 4 is 23.7 Å². The molecule has 0 saturated heterocycles. The van der Waals surface area contributed by atoms with Gasteiger partial charge >= 0.3 is 15.6 Å². The van der Waals surface area contributed by atoms with Gasteiger partial charge in [0, 0.05) is 0 Å². The van der Waals surface area contributed by atoms with Crippen molar-refractivity contribution in [3.05, 3.63) is 30.3 Å². The molecule has 1 aliphatic heterocycles. The van der Waals surface area contributed by atoms with Gasteiger partial charge in [0.25, 0.3) is 0 Å². The highest BCUT2D eigenvalue weighted by atomic mass is 31.3. The lowest BCUT2D eigenvalue weighted by atomic mass is 10.3. The Morgan fingerprint density at radius 3 is 2.35 bits per heavy atom. The standard InChI is InChI=1S/C6H6F4N3OP3/c7-15-11-16(8,9)13-17(10,12-15)14-6-4-2-1-3-5-6/h1-5,15H/t17-/m0/s1. The summed E-state index contributed by atoms with van der Waals surface area (Å²) in [5.74, 6) is -0.0208. The number of hydrogen-bond acceptors (Lipinski definition) is 4. The third-order valence-corrected chi connectivity index (χ3v) is 7.05. The quantitative estimate of drug-likeness (QED) is 0.482. The first-order valence-corrected chi connectivity index (χ1v) is 8.49. The van der Waals surface area contributed by atoms with E-state index in [0.29, 0.717) is 0 Å². The molecular weight excluding hydrogens is 299 g/mol. The highest BCUT2D eigenvalue weighted by molar-refractivity contribution is 7.74. The Bertz CT molecular complexity index is 569. The molecule has 4 nitrogen and oxygen atoms in total. The molecule has 1 aromatic rings. The Labute approximate surface area is 95.3 Å². The molecule has 1 aromatic carbocycles. The van der Waals surface area contributed by atoms with Crippen LogP contribution < -0.4 is 4.52 Å². The van der Waals surface area contributed by atoms with Crippen molar-refractivity contribution in [3.63, 3.8) is 0 Å². The first-order valence-electron chi connectivity index (χ1n) is 4.24. The topological polar surface area (TPSA) is 46.3 Å². The van der Waals surface area contributed by atoms with E-state index in [4.69, 9.17) is 0 Å². The summed E-state index contributed by atoms with van der Waals surface area (Å²) >= 11 is 0. The summed E-state index contributed by atoms with van der Waals surface area (Å²) in [6.45, 7) is 0. The van der Waals surface area contributed by atoms with Crippen LogP contribution >= 0.6 is 23.7 Å². The van der Waals surface area contributed by atoms with Gasteiger partial charge in [0.1, 0.15) is 5.75 Å². The maximum Gasteiger partial charge on any atom is 0.439 e.